The molecular formula is C9H15N3OS. The van der Waals surface area contributed by atoms with E-state index in [9.17, 15) is 0 Å². The molecule has 1 aromatic rings. The Morgan fingerprint density at radius 1 is 1.57 bits per heavy atom. The lowest BCUT2D eigenvalue weighted by molar-refractivity contribution is 0.266. The molecule has 78 valence electrons. The van der Waals surface area contributed by atoms with Crippen LogP contribution in [0.1, 0.15) is 25.7 Å². The quantitative estimate of drug-likeness (QED) is 0.822. The molecule has 2 heterocycles. The van der Waals surface area contributed by atoms with Crippen LogP contribution in [0.2, 0.25) is 0 Å². The van der Waals surface area contributed by atoms with Gasteiger partial charge in [-0.25, -0.2) is 0 Å². The van der Waals surface area contributed by atoms with Gasteiger partial charge in [0.25, 0.3) is 5.19 Å². The lowest BCUT2D eigenvalue weighted by Gasteiger charge is -2.22. The maximum Gasteiger partial charge on any atom is 0.293 e. The van der Waals surface area contributed by atoms with Gasteiger partial charge in [-0.3, -0.25) is 0 Å². The number of hydrogen-bond donors (Lipinski definition) is 1. The molecule has 1 aliphatic rings. The van der Waals surface area contributed by atoms with Crippen molar-refractivity contribution in [3.8, 4) is 5.19 Å². The minimum atomic E-state index is 0.636. The second-order valence-electron chi connectivity index (χ2n) is 3.49. The van der Waals surface area contributed by atoms with Crippen LogP contribution in [0.25, 0.3) is 0 Å². The summed E-state index contributed by atoms with van der Waals surface area (Å²) in [5, 5.41) is 11.7. The molecule has 1 aliphatic heterocycles. The van der Waals surface area contributed by atoms with Crippen molar-refractivity contribution in [2.75, 3.05) is 13.2 Å². The van der Waals surface area contributed by atoms with Crippen LogP contribution in [0.4, 0.5) is 0 Å². The molecule has 0 aliphatic carbocycles. The lowest BCUT2D eigenvalue weighted by atomic mass is 10.0. The molecule has 1 aromatic heterocycles. The normalized spacial score (nSPS) is 22.1. The van der Waals surface area contributed by atoms with Crippen molar-refractivity contribution < 1.29 is 4.74 Å². The fraction of sp³-hybridized carbons (Fsp3) is 0.778. The number of ether oxygens (including phenoxy) is 1. The third kappa shape index (κ3) is 2.92. The molecule has 0 spiro atoms. The summed E-state index contributed by atoms with van der Waals surface area (Å²) >= 11 is 1.44. The van der Waals surface area contributed by atoms with Gasteiger partial charge >= 0.3 is 0 Å². The summed E-state index contributed by atoms with van der Waals surface area (Å²) in [5.74, 6) is 0. The molecule has 1 N–H and O–H groups in total. The van der Waals surface area contributed by atoms with E-state index in [1.807, 2.05) is 0 Å². The van der Waals surface area contributed by atoms with Gasteiger partial charge in [-0.15, -0.1) is 10.2 Å². The molecule has 1 saturated heterocycles. The van der Waals surface area contributed by atoms with Crippen LogP contribution >= 0.6 is 11.3 Å². The predicted octanol–water partition coefficient (Wildman–Crippen LogP) is 1.45. The van der Waals surface area contributed by atoms with E-state index in [0.717, 1.165) is 19.6 Å². The average Bonchev–Trinajstić information content (AvgIpc) is 2.72. The summed E-state index contributed by atoms with van der Waals surface area (Å²) in [4.78, 5) is 0. The zero-order valence-electron chi connectivity index (χ0n) is 8.11. The standard InChI is InChI=1S/C9H15N3OS/c1-2-5-10-8(3-1)4-6-13-9-12-11-7-14-9/h7-8,10H,1-6H2. The molecule has 4 nitrogen and oxygen atoms in total. The van der Waals surface area contributed by atoms with Crippen LogP contribution < -0.4 is 10.1 Å². The molecule has 2 rings (SSSR count). The second-order valence-corrected chi connectivity index (χ2v) is 4.28. The van der Waals surface area contributed by atoms with Gasteiger partial charge in [0.15, 0.2) is 0 Å². The summed E-state index contributed by atoms with van der Waals surface area (Å²) in [6, 6.07) is 0.636. The van der Waals surface area contributed by atoms with Crippen molar-refractivity contribution in [3.63, 3.8) is 0 Å². The Balaban J connectivity index is 1.62. The first-order valence-corrected chi connectivity index (χ1v) is 5.95. The first kappa shape index (κ1) is 9.86. The van der Waals surface area contributed by atoms with Gasteiger partial charge in [-0.1, -0.05) is 17.8 Å². The van der Waals surface area contributed by atoms with E-state index >= 15 is 0 Å². The Morgan fingerprint density at radius 2 is 2.57 bits per heavy atom. The summed E-state index contributed by atoms with van der Waals surface area (Å²) < 4.78 is 5.45. The Kier molecular flexibility index (Phi) is 3.71. The summed E-state index contributed by atoms with van der Waals surface area (Å²) in [5.41, 5.74) is 1.69. The SMILES string of the molecule is c1nnc(OCCC2CCCCN2)s1. The minimum Gasteiger partial charge on any atom is -0.469 e. The largest absolute Gasteiger partial charge is 0.469 e. The van der Waals surface area contributed by atoms with E-state index in [1.54, 1.807) is 5.51 Å². The molecule has 14 heavy (non-hydrogen) atoms. The molecule has 0 amide bonds. The van der Waals surface area contributed by atoms with Crippen LogP contribution in [0, 0.1) is 0 Å². The maximum atomic E-state index is 5.45. The van der Waals surface area contributed by atoms with Crippen molar-refractivity contribution in [2.45, 2.75) is 31.7 Å². The molecule has 0 bridgehead atoms. The van der Waals surface area contributed by atoms with Crippen molar-refractivity contribution in [3.05, 3.63) is 5.51 Å². The van der Waals surface area contributed by atoms with Gasteiger partial charge in [0.2, 0.25) is 0 Å². The highest BCUT2D eigenvalue weighted by Crippen LogP contribution is 2.14. The minimum absolute atomic E-state index is 0.636. The van der Waals surface area contributed by atoms with E-state index in [-0.39, 0.29) is 0 Å². The van der Waals surface area contributed by atoms with E-state index in [4.69, 9.17) is 4.74 Å². The molecule has 5 heteroatoms. The van der Waals surface area contributed by atoms with Crippen LogP contribution in [-0.4, -0.2) is 29.4 Å². The van der Waals surface area contributed by atoms with Crippen molar-refractivity contribution in [1.29, 1.82) is 0 Å². The first-order chi connectivity index (χ1) is 6.95. The van der Waals surface area contributed by atoms with Crippen molar-refractivity contribution in [1.82, 2.24) is 15.5 Å². The summed E-state index contributed by atoms with van der Waals surface area (Å²) in [6.45, 7) is 1.90. The van der Waals surface area contributed by atoms with Gasteiger partial charge in [0.05, 0.1) is 6.61 Å². The average molecular weight is 213 g/mol. The third-order valence-electron chi connectivity index (χ3n) is 2.44. The molecule has 0 saturated carbocycles. The third-order valence-corrected chi connectivity index (χ3v) is 3.05. The van der Waals surface area contributed by atoms with E-state index in [1.165, 1.54) is 30.6 Å². The molecule has 0 radical (unpaired) electrons. The predicted molar refractivity (Wildman–Crippen MR) is 55.7 cm³/mol. The summed E-state index contributed by atoms with van der Waals surface area (Å²) in [7, 11) is 0. The number of rotatable bonds is 4. The smallest absolute Gasteiger partial charge is 0.293 e. The Bertz CT molecular complexity index is 247. The molecule has 0 aromatic carbocycles. The molecule has 1 unspecified atom stereocenters. The topological polar surface area (TPSA) is 47.0 Å². The van der Waals surface area contributed by atoms with Gasteiger partial charge in [0, 0.05) is 6.04 Å². The summed E-state index contributed by atoms with van der Waals surface area (Å²) in [6.07, 6.45) is 5.00. The first-order valence-electron chi connectivity index (χ1n) is 5.07. The van der Waals surface area contributed by atoms with Crippen molar-refractivity contribution in [2.24, 2.45) is 0 Å². The number of aromatic nitrogens is 2. The number of nitrogens with one attached hydrogen (secondary N) is 1. The maximum absolute atomic E-state index is 5.45. The zero-order chi connectivity index (χ0) is 9.64. The van der Waals surface area contributed by atoms with Gasteiger partial charge in [0.1, 0.15) is 5.51 Å². The molecule has 1 atom stereocenters. The Labute approximate surface area is 87.7 Å². The van der Waals surface area contributed by atoms with Gasteiger partial charge < -0.3 is 10.1 Å². The highest BCUT2D eigenvalue weighted by atomic mass is 32.1. The monoisotopic (exact) mass is 213 g/mol. The second kappa shape index (κ2) is 5.26. The number of hydrogen-bond acceptors (Lipinski definition) is 5. The highest BCUT2D eigenvalue weighted by molar-refractivity contribution is 7.11. The number of piperidine rings is 1. The molecular weight excluding hydrogens is 198 g/mol. The fourth-order valence-corrected chi connectivity index (χ4v) is 2.11. The van der Waals surface area contributed by atoms with Crippen LogP contribution in [0.3, 0.4) is 0 Å². The van der Waals surface area contributed by atoms with Gasteiger partial charge in [-0.05, 0) is 25.8 Å². The van der Waals surface area contributed by atoms with Crippen LogP contribution in [0.15, 0.2) is 5.51 Å². The Morgan fingerprint density at radius 3 is 3.29 bits per heavy atom. The number of nitrogens with zero attached hydrogens (tertiary/aromatic N) is 2. The zero-order valence-corrected chi connectivity index (χ0v) is 8.92. The van der Waals surface area contributed by atoms with Crippen LogP contribution in [0.5, 0.6) is 5.19 Å². The molecule has 1 fully saturated rings. The Hall–Kier alpha value is -0.680. The van der Waals surface area contributed by atoms with E-state index in [2.05, 4.69) is 15.5 Å². The van der Waals surface area contributed by atoms with E-state index < -0.39 is 0 Å². The lowest BCUT2D eigenvalue weighted by Crippen LogP contribution is -2.35. The highest BCUT2D eigenvalue weighted by Gasteiger charge is 2.12. The van der Waals surface area contributed by atoms with Crippen LogP contribution in [-0.2, 0) is 0 Å². The van der Waals surface area contributed by atoms with Crippen molar-refractivity contribution >= 4 is 11.3 Å². The van der Waals surface area contributed by atoms with Gasteiger partial charge in [-0.2, -0.15) is 0 Å². The fourth-order valence-electron chi connectivity index (χ4n) is 1.68. The van der Waals surface area contributed by atoms with E-state index in [0.29, 0.717) is 11.2 Å².